The normalized spacial score (nSPS) is 25.9. The van der Waals surface area contributed by atoms with Gasteiger partial charge in [-0.05, 0) is 55.4 Å². The number of nitrogens with zero attached hydrogens (tertiary/aromatic N) is 1. The highest BCUT2D eigenvalue weighted by Crippen LogP contribution is 2.51. The van der Waals surface area contributed by atoms with Crippen LogP contribution in [-0.4, -0.2) is 41.7 Å². The SMILES string of the molecule is COc1ccc(CCC(=O)N2[C@H]3CC[C@@H]2[C@@](CO)(Cc2ccccc2)C3)cc1. The fourth-order valence-electron chi connectivity index (χ4n) is 5.26. The molecule has 3 atom stereocenters. The van der Waals surface area contributed by atoms with Gasteiger partial charge in [0.15, 0.2) is 0 Å². The molecule has 0 unspecified atom stereocenters. The van der Waals surface area contributed by atoms with E-state index in [9.17, 15) is 9.90 Å². The third kappa shape index (κ3) is 3.53. The van der Waals surface area contributed by atoms with E-state index in [1.165, 1.54) is 5.56 Å². The van der Waals surface area contributed by atoms with Crippen molar-refractivity contribution in [3.8, 4) is 5.75 Å². The minimum Gasteiger partial charge on any atom is -0.497 e. The lowest BCUT2D eigenvalue weighted by atomic mass is 9.70. The van der Waals surface area contributed by atoms with Gasteiger partial charge in [-0.3, -0.25) is 4.79 Å². The number of aliphatic hydroxyl groups excluding tert-OH is 1. The van der Waals surface area contributed by atoms with Crippen LogP contribution in [0.25, 0.3) is 0 Å². The fraction of sp³-hybridized carbons (Fsp3) is 0.458. The molecule has 2 aromatic carbocycles. The molecule has 2 heterocycles. The number of carbonyl (C=O) groups is 1. The third-order valence-electron chi connectivity index (χ3n) is 6.64. The van der Waals surface area contributed by atoms with Crippen LogP contribution < -0.4 is 4.74 Å². The van der Waals surface area contributed by atoms with Crippen LogP contribution in [0.2, 0.25) is 0 Å². The molecule has 0 saturated carbocycles. The Bertz CT molecular complexity index is 804. The smallest absolute Gasteiger partial charge is 0.223 e. The van der Waals surface area contributed by atoms with Crippen LogP contribution in [0.5, 0.6) is 5.75 Å². The van der Waals surface area contributed by atoms with Crippen molar-refractivity contribution in [3.05, 3.63) is 65.7 Å². The first-order chi connectivity index (χ1) is 13.6. The van der Waals surface area contributed by atoms with Crippen LogP contribution in [0.4, 0.5) is 0 Å². The number of aryl methyl sites for hydroxylation is 1. The molecule has 0 aromatic heterocycles. The van der Waals surface area contributed by atoms with Gasteiger partial charge < -0.3 is 14.7 Å². The monoisotopic (exact) mass is 379 g/mol. The number of fused-ring (bicyclic) bond motifs is 2. The summed E-state index contributed by atoms with van der Waals surface area (Å²) in [5.74, 6) is 1.06. The number of hydrogen-bond donors (Lipinski definition) is 1. The maximum absolute atomic E-state index is 13.1. The first kappa shape index (κ1) is 19.0. The van der Waals surface area contributed by atoms with E-state index in [-0.39, 0.29) is 30.0 Å². The molecule has 4 nitrogen and oxygen atoms in total. The highest BCUT2D eigenvalue weighted by molar-refractivity contribution is 5.78. The first-order valence-electron chi connectivity index (χ1n) is 10.2. The number of carbonyl (C=O) groups excluding carboxylic acids is 1. The molecule has 1 N–H and O–H groups in total. The van der Waals surface area contributed by atoms with E-state index in [2.05, 4.69) is 17.0 Å². The van der Waals surface area contributed by atoms with Crippen LogP contribution in [0.1, 0.15) is 36.8 Å². The number of methoxy groups -OCH3 is 1. The molecule has 4 rings (SSSR count). The molecule has 4 heteroatoms. The Morgan fingerprint density at radius 2 is 1.86 bits per heavy atom. The number of benzene rings is 2. The van der Waals surface area contributed by atoms with E-state index >= 15 is 0 Å². The topological polar surface area (TPSA) is 49.8 Å². The molecule has 0 radical (unpaired) electrons. The zero-order valence-corrected chi connectivity index (χ0v) is 16.5. The summed E-state index contributed by atoms with van der Waals surface area (Å²) in [6.07, 6.45) is 5.09. The second-order valence-corrected chi connectivity index (χ2v) is 8.28. The van der Waals surface area contributed by atoms with Crippen LogP contribution in [0, 0.1) is 5.41 Å². The molecule has 28 heavy (non-hydrogen) atoms. The second-order valence-electron chi connectivity index (χ2n) is 8.28. The Balaban J connectivity index is 1.44. The number of rotatable bonds is 7. The van der Waals surface area contributed by atoms with E-state index in [0.717, 1.165) is 43.4 Å². The lowest BCUT2D eigenvalue weighted by Gasteiger charge is -2.36. The first-order valence-corrected chi connectivity index (χ1v) is 10.2. The van der Waals surface area contributed by atoms with Crippen molar-refractivity contribution in [1.82, 2.24) is 4.90 Å². The number of hydrogen-bond acceptors (Lipinski definition) is 3. The van der Waals surface area contributed by atoms with E-state index in [1.807, 2.05) is 42.5 Å². The summed E-state index contributed by atoms with van der Waals surface area (Å²) in [5, 5.41) is 10.3. The summed E-state index contributed by atoms with van der Waals surface area (Å²) < 4.78 is 5.20. The molecule has 2 fully saturated rings. The molecule has 148 valence electrons. The molecule has 1 amide bonds. The largest absolute Gasteiger partial charge is 0.497 e. The lowest BCUT2D eigenvalue weighted by molar-refractivity contribution is -0.133. The van der Waals surface area contributed by atoms with Crippen molar-refractivity contribution < 1.29 is 14.6 Å². The van der Waals surface area contributed by atoms with E-state index in [4.69, 9.17) is 4.74 Å². The Morgan fingerprint density at radius 1 is 1.11 bits per heavy atom. The summed E-state index contributed by atoms with van der Waals surface area (Å²) in [5.41, 5.74) is 2.20. The Labute approximate surface area is 167 Å². The van der Waals surface area contributed by atoms with Gasteiger partial charge in [0.1, 0.15) is 5.75 Å². The molecule has 2 aliphatic heterocycles. The zero-order chi connectivity index (χ0) is 19.6. The number of ether oxygens (including phenoxy) is 1. The molecular formula is C24H29NO3. The maximum Gasteiger partial charge on any atom is 0.223 e. The summed E-state index contributed by atoms with van der Waals surface area (Å²) in [6, 6.07) is 18.7. The molecule has 2 aromatic rings. The Morgan fingerprint density at radius 3 is 2.54 bits per heavy atom. The van der Waals surface area contributed by atoms with Gasteiger partial charge in [-0.25, -0.2) is 0 Å². The Hall–Kier alpha value is -2.33. The van der Waals surface area contributed by atoms with Gasteiger partial charge in [-0.1, -0.05) is 42.5 Å². The van der Waals surface area contributed by atoms with Crippen molar-refractivity contribution in [2.24, 2.45) is 5.41 Å². The van der Waals surface area contributed by atoms with Gasteiger partial charge >= 0.3 is 0 Å². The van der Waals surface area contributed by atoms with Crippen molar-refractivity contribution in [1.29, 1.82) is 0 Å². The van der Waals surface area contributed by atoms with Crippen molar-refractivity contribution in [2.45, 2.75) is 50.6 Å². The Kier molecular flexibility index (Phi) is 5.40. The molecule has 2 saturated heterocycles. The predicted molar refractivity (Wildman–Crippen MR) is 109 cm³/mol. The summed E-state index contributed by atoms with van der Waals surface area (Å²) in [6.45, 7) is 0.144. The molecule has 0 spiro atoms. The number of aliphatic hydroxyl groups is 1. The predicted octanol–water partition coefficient (Wildman–Crippen LogP) is 3.61. The number of amides is 1. The minimum absolute atomic E-state index is 0.144. The highest BCUT2D eigenvalue weighted by atomic mass is 16.5. The summed E-state index contributed by atoms with van der Waals surface area (Å²) in [7, 11) is 1.66. The van der Waals surface area contributed by atoms with Crippen LogP contribution in [-0.2, 0) is 17.6 Å². The van der Waals surface area contributed by atoms with Crippen molar-refractivity contribution >= 4 is 5.91 Å². The van der Waals surface area contributed by atoms with Gasteiger partial charge in [0, 0.05) is 23.9 Å². The minimum atomic E-state index is -0.194. The standard InChI is InChI=1S/C24H29NO3/c1-28-21-11-7-18(8-12-21)9-14-23(27)25-20-10-13-22(25)24(16-20,17-26)15-19-5-3-2-4-6-19/h2-8,11-12,20,22,26H,9-10,13-17H2,1H3/t20-,22+,24-/m0/s1. The molecular weight excluding hydrogens is 350 g/mol. The quantitative estimate of drug-likeness (QED) is 0.799. The second kappa shape index (κ2) is 7.96. The van der Waals surface area contributed by atoms with Crippen LogP contribution >= 0.6 is 0 Å². The van der Waals surface area contributed by atoms with Gasteiger partial charge in [-0.2, -0.15) is 0 Å². The van der Waals surface area contributed by atoms with Crippen LogP contribution in [0.15, 0.2) is 54.6 Å². The summed E-state index contributed by atoms with van der Waals surface area (Å²) in [4.78, 5) is 15.2. The fourth-order valence-corrected chi connectivity index (χ4v) is 5.26. The van der Waals surface area contributed by atoms with Gasteiger partial charge in [-0.15, -0.1) is 0 Å². The highest BCUT2D eigenvalue weighted by Gasteiger charge is 2.56. The van der Waals surface area contributed by atoms with Crippen molar-refractivity contribution in [2.75, 3.05) is 13.7 Å². The molecule has 2 bridgehead atoms. The zero-order valence-electron chi connectivity index (χ0n) is 16.5. The summed E-state index contributed by atoms with van der Waals surface area (Å²) >= 11 is 0. The van der Waals surface area contributed by atoms with Crippen LogP contribution in [0.3, 0.4) is 0 Å². The maximum atomic E-state index is 13.1. The van der Waals surface area contributed by atoms with Gasteiger partial charge in [0.25, 0.3) is 0 Å². The molecule has 2 aliphatic rings. The lowest BCUT2D eigenvalue weighted by Crippen LogP contribution is -2.44. The average Bonchev–Trinajstić information content (AvgIpc) is 3.29. The van der Waals surface area contributed by atoms with E-state index < -0.39 is 0 Å². The van der Waals surface area contributed by atoms with E-state index in [1.54, 1.807) is 7.11 Å². The van der Waals surface area contributed by atoms with Crippen molar-refractivity contribution in [3.63, 3.8) is 0 Å². The molecule has 0 aliphatic carbocycles. The van der Waals surface area contributed by atoms with Gasteiger partial charge in [0.2, 0.25) is 5.91 Å². The average molecular weight is 380 g/mol. The van der Waals surface area contributed by atoms with Gasteiger partial charge in [0.05, 0.1) is 13.7 Å². The van der Waals surface area contributed by atoms with E-state index in [0.29, 0.717) is 6.42 Å². The third-order valence-corrected chi connectivity index (χ3v) is 6.64.